The second kappa shape index (κ2) is 6.55. The summed E-state index contributed by atoms with van der Waals surface area (Å²) in [5.74, 6) is 1.01. The second-order valence-electron chi connectivity index (χ2n) is 4.79. The molecule has 0 unspecified atom stereocenters. The molecule has 1 aromatic heterocycles. The van der Waals surface area contributed by atoms with Crippen molar-refractivity contribution in [1.29, 1.82) is 0 Å². The number of rotatable bonds is 7. The maximum absolute atomic E-state index is 5.78. The summed E-state index contributed by atoms with van der Waals surface area (Å²) in [6.07, 6.45) is 6.48. The van der Waals surface area contributed by atoms with E-state index in [-0.39, 0.29) is 0 Å². The van der Waals surface area contributed by atoms with E-state index in [2.05, 4.69) is 34.7 Å². The lowest BCUT2D eigenvalue weighted by Gasteiger charge is -2.07. The fraction of sp³-hybridized carbons (Fsp3) is 0.533. The normalized spacial score (nSPS) is 11.2. The number of unbranched alkanes of at least 4 members (excludes halogenated alkanes) is 4. The van der Waals surface area contributed by atoms with E-state index in [0.717, 1.165) is 17.9 Å². The first-order chi connectivity index (χ1) is 8.86. The summed E-state index contributed by atoms with van der Waals surface area (Å²) in [5, 5.41) is 0. The zero-order valence-electron chi connectivity index (χ0n) is 11.2. The van der Waals surface area contributed by atoms with Gasteiger partial charge in [0.25, 0.3) is 0 Å². The Labute approximate surface area is 109 Å². The molecule has 1 aromatic carbocycles. The van der Waals surface area contributed by atoms with Crippen LogP contribution in [0.2, 0.25) is 0 Å². The number of imidazole rings is 1. The van der Waals surface area contributed by atoms with Crippen LogP contribution in [0.4, 0.5) is 0 Å². The number of aromatic nitrogens is 2. The molecular weight excluding hydrogens is 222 g/mol. The van der Waals surface area contributed by atoms with Gasteiger partial charge < -0.3 is 10.3 Å². The Hall–Kier alpha value is -1.35. The minimum atomic E-state index is 0.518. The highest BCUT2D eigenvalue weighted by molar-refractivity contribution is 5.75. The highest BCUT2D eigenvalue weighted by atomic mass is 15.1. The third-order valence-electron chi connectivity index (χ3n) is 3.40. The number of nitrogens with zero attached hydrogens (tertiary/aromatic N) is 2. The molecule has 0 amide bonds. The standard InChI is InChI=1S/C15H23N3/c1-2-3-4-5-8-11-18-14-10-7-6-9-13(14)17-15(18)12-16/h6-7,9-10H,2-5,8,11-12,16H2,1H3. The Kier molecular flexibility index (Phi) is 4.76. The van der Waals surface area contributed by atoms with Crippen LogP contribution in [0.5, 0.6) is 0 Å². The van der Waals surface area contributed by atoms with Gasteiger partial charge in [-0.2, -0.15) is 0 Å². The number of benzene rings is 1. The molecule has 0 bridgehead atoms. The highest BCUT2D eigenvalue weighted by Crippen LogP contribution is 2.17. The molecule has 0 aliphatic rings. The molecule has 3 heteroatoms. The molecule has 0 aliphatic heterocycles. The van der Waals surface area contributed by atoms with Gasteiger partial charge in [-0.1, -0.05) is 44.7 Å². The van der Waals surface area contributed by atoms with Crippen LogP contribution in [0.3, 0.4) is 0 Å². The Morgan fingerprint density at radius 1 is 1.11 bits per heavy atom. The minimum absolute atomic E-state index is 0.518. The quantitative estimate of drug-likeness (QED) is 0.759. The van der Waals surface area contributed by atoms with E-state index in [1.54, 1.807) is 0 Å². The van der Waals surface area contributed by atoms with E-state index < -0.39 is 0 Å². The molecule has 0 radical (unpaired) electrons. The summed E-state index contributed by atoms with van der Waals surface area (Å²) in [6.45, 7) is 3.80. The molecule has 2 rings (SSSR count). The first-order valence-corrected chi connectivity index (χ1v) is 7.01. The molecule has 3 nitrogen and oxygen atoms in total. The van der Waals surface area contributed by atoms with Gasteiger partial charge in [0.05, 0.1) is 17.6 Å². The van der Waals surface area contributed by atoms with Crippen molar-refractivity contribution in [3.05, 3.63) is 30.1 Å². The third-order valence-corrected chi connectivity index (χ3v) is 3.40. The molecular formula is C15H23N3. The van der Waals surface area contributed by atoms with Crippen molar-refractivity contribution >= 4 is 11.0 Å². The Balaban J connectivity index is 2.06. The monoisotopic (exact) mass is 245 g/mol. The predicted octanol–water partition coefficient (Wildman–Crippen LogP) is 3.47. The first-order valence-electron chi connectivity index (χ1n) is 7.01. The van der Waals surface area contributed by atoms with Gasteiger partial charge in [-0.25, -0.2) is 4.98 Å². The highest BCUT2D eigenvalue weighted by Gasteiger charge is 2.07. The van der Waals surface area contributed by atoms with Crippen molar-refractivity contribution in [3.63, 3.8) is 0 Å². The lowest BCUT2D eigenvalue weighted by molar-refractivity contribution is 0.562. The van der Waals surface area contributed by atoms with Gasteiger partial charge in [0.2, 0.25) is 0 Å². The largest absolute Gasteiger partial charge is 0.327 e. The summed E-state index contributed by atoms with van der Waals surface area (Å²) in [5.41, 5.74) is 8.06. The summed E-state index contributed by atoms with van der Waals surface area (Å²) in [7, 11) is 0. The Morgan fingerprint density at radius 2 is 1.89 bits per heavy atom. The molecule has 98 valence electrons. The summed E-state index contributed by atoms with van der Waals surface area (Å²) < 4.78 is 2.28. The third kappa shape index (κ3) is 2.91. The Morgan fingerprint density at radius 3 is 2.67 bits per heavy atom. The molecule has 2 aromatic rings. The lowest BCUT2D eigenvalue weighted by atomic mass is 10.1. The van der Waals surface area contributed by atoms with Gasteiger partial charge >= 0.3 is 0 Å². The maximum Gasteiger partial charge on any atom is 0.123 e. The van der Waals surface area contributed by atoms with E-state index in [0.29, 0.717) is 6.54 Å². The van der Waals surface area contributed by atoms with Gasteiger partial charge in [-0.3, -0.25) is 0 Å². The van der Waals surface area contributed by atoms with Crippen molar-refractivity contribution in [2.45, 2.75) is 52.1 Å². The molecule has 2 N–H and O–H groups in total. The van der Waals surface area contributed by atoms with Crippen molar-refractivity contribution in [3.8, 4) is 0 Å². The maximum atomic E-state index is 5.78. The number of para-hydroxylation sites is 2. The first kappa shape index (κ1) is 13.1. The average molecular weight is 245 g/mol. The lowest BCUT2D eigenvalue weighted by Crippen LogP contribution is -2.08. The fourth-order valence-corrected chi connectivity index (χ4v) is 2.40. The van der Waals surface area contributed by atoms with Gasteiger partial charge in [-0.15, -0.1) is 0 Å². The fourth-order valence-electron chi connectivity index (χ4n) is 2.40. The molecule has 0 fully saturated rings. The minimum Gasteiger partial charge on any atom is -0.327 e. The molecule has 18 heavy (non-hydrogen) atoms. The van der Waals surface area contributed by atoms with Crippen LogP contribution >= 0.6 is 0 Å². The van der Waals surface area contributed by atoms with E-state index in [4.69, 9.17) is 5.73 Å². The van der Waals surface area contributed by atoms with Crippen LogP contribution in [-0.2, 0) is 13.1 Å². The van der Waals surface area contributed by atoms with Crippen molar-refractivity contribution < 1.29 is 0 Å². The molecule has 0 aliphatic carbocycles. The van der Waals surface area contributed by atoms with Gasteiger partial charge in [-0.05, 0) is 18.6 Å². The van der Waals surface area contributed by atoms with E-state index in [1.165, 1.54) is 37.6 Å². The SMILES string of the molecule is CCCCCCCn1c(CN)nc2ccccc21. The second-order valence-corrected chi connectivity index (χ2v) is 4.79. The van der Waals surface area contributed by atoms with Crippen LogP contribution in [0.25, 0.3) is 11.0 Å². The van der Waals surface area contributed by atoms with Crippen LogP contribution in [0.15, 0.2) is 24.3 Å². The van der Waals surface area contributed by atoms with Gasteiger partial charge in [0.15, 0.2) is 0 Å². The Bertz CT molecular complexity index is 487. The topological polar surface area (TPSA) is 43.8 Å². The van der Waals surface area contributed by atoms with Crippen LogP contribution in [0.1, 0.15) is 44.9 Å². The number of aryl methyl sites for hydroxylation is 1. The zero-order valence-corrected chi connectivity index (χ0v) is 11.2. The number of nitrogens with two attached hydrogens (primary N) is 1. The van der Waals surface area contributed by atoms with Crippen LogP contribution in [-0.4, -0.2) is 9.55 Å². The van der Waals surface area contributed by atoms with Crippen molar-refractivity contribution in [2.24, 2.45) is 5.73 Å². The molecule has 0 saturated heterocycles. The molecule has 1 heterocycles. The average Bonchev–Trinajstić information content (AvgIpc) is 2.77. The van der Waals surface area contributed by atoms with Crippen LogP contribution < -0.4 is 5.73 Å². The number of fused-ring (bicyclic) bond motifs is 1. The summed E-state index contributed by atoms with van der Waals surface area (Å²) in [6, 6.07) is 8.29. The smallest absolute Gasteiger partial charge is 0.123 e. The van der Waals surface area contributed by atoms with E-state index in [1.807, 2.05) is 6.07 Å². The summed E-state index contributed by atoms with van der Waals surface area (Å²) in [4.78, 5) is 4.58. The molecule has 0 spiro atoms. The van der Waals surface area contributed by atoms with E-state index in [9.17, 15) is 0 Å². The van der Waals surface area contributed by atoms with Crippen molar-refractivity contribution in [2.75, 3.05) is 0 Å². The number of hydrogen-bond acceptors (Lipinski definition) is 2. The molecule has 0 atom stereocenters. The van der Waals surface area contributed by atoms with Gasteiger partial charge in [0, 0.05) is 6.54 Å². The zero-order chi connectivity index (χ0) is 12.8. The molecule has 0 saturated carbocycles. The van der Waals surface area contributed by atoms with Crippen LogP contribution in [0, 0.1) is 0 Å². The summed E-state index contributed by atoms with van der Waals surface area (Å²) >= 11 is 0. The van der Waals surface area contributed by atoms with E-state index >= 15 is 0 Å². The predicted molar refractivity (Wildman–Crippen MR) is 76.4 cm³/mol. The number of hydrogen-bond donors (Lipinski definition) is 1. The van der Waals surface area contributed by atoms with Crippen molar-refractivity contribution in [1.82, 2.24) is 9.55 Å². The van der Waals surface area contributed by atoms with Gasteiger partial charge in [0.1, 0.15) is 5.82 Å².